The van der Waals surface area contributed by atoms with Gasteiger partial charge >= 0.3 is 0 Å². The van der Waals surface area contributed by atoms with E-state index >= 15 is 0 Å². The second-order valence-corrected chi connectivity index (χ2v) is 4.57. The third-order valence-corrected chi connectivity index (χ3v) is 3.48. The summed E-state index contributed by atoms with van der Waals surface area (Å²) in [6, 6.07) is 0.397. The zero-order chi connectivity index (χ0) is 9.84. The van der Waals surface area contributed by atoms with E-state index in [0.29, 0.717) is 12.0 Å². The molecule has 0 aromatic carbocycles. The van der Waals surface area contributed by atoms with Gasteiger partial charge in [-0.05, 0) is 25.2 Å². The summed E-state index contributed by atoms with van der Waals surface area (Å²) >= 11 is 4.22. The van der Waals surface area contributed by atoms with E-state index in [1.54, 1.807) is 0 Å². The summed E-state index contributed by atoms with van der Waals surface area (Å²) in [4.78, 5) is 11.5. The number of hydrogen-bond donors (Lipinski definition) is 2. The lowest BCUT2D eigenvalue weighted by Gasteiger charge is -2.19. The van der Waals surface area contributed by atoms with E-state index < -0.39 is 0 Å². The van der Waals surface area contributed by atoms with Crippen LogP contribution in [0.5, 0.6) is 0 Å². The summed E-state index contributed by atoms with van der Waals surface area (Å²) in [7, 11) is 0. The summed E-state index contributed by atoms with van der Waals surface area (Å²) < 4.78 is 0. The molecule has 13 heavy (non-hydrogen) atoms. The maximum Gasteiger partial charge on any atom is 0.233 e. The van der Waals surface area contributed by atoms with Gasteiger partial charge in [0.1, 0.15) is 0 Å². The molecule has 3 atom stereocenters. The van der Waals surface area contributed by atoms with Gasteiger partial charge in [-0.1, -0.05) is 20.3 Å². The maximum absolute atomic E-state index is 11.5. The van der Waals surface area contributed by atoms with Gasteiger partial charge in [-0.3, -0.25) is 4.79 Å². The van der Waals surface area contributed by atoms with Gasteiger partial charge in [-0.25, -0.2) is 0 Å². The topological polar surface area (TPSA) is 29.1 Å². The van der Waals surface area contributed by atoms with Crippen LogP contribution in [-0.2, 0) is 4.79 Å². The van der Waals surface area contributed by atoms with Crippen LogP contribution in [0.2, 0.25) is 0 Å². The molecular weight excluding hydrogens is 182 g/mol. The second kappa shape index (κ2) is 4.89. The van der Waals surface area contributed by atoms with Crippen LogP contribution in [-0.4, -0.2) is 17.2 Å². The zero-order valence-corrected chi connectivity index (χ0v) is 9.31. The summed E-state index contributed by atoms with van der Waals surface area (Å²) in [6.45, 7) is 4.19. The van der Waals surface area contributed by atoms with Gasteiger partial charge in [0, 0.05) is 6.04 Å². The van der Waals surface area contributed by atoms with Crippen molar-refractivity contribution in [2.45, 2.75) is 50.8 Å². The van der Waals surface area contributed by atoms with Crippen LogP contribution in [0.4, 0.5) is 0 Å². The highest BCUT2D eigenvalue weighted by Crippen LogP contribution is 2.24. The van der Waals surface area contributed by atoms with Crippen LogP contribution < -0.4 is 5.32 Å². The number of carbonyl (C=O) groups is 1. The molecule has 1 aliphatic rings. The molecule has 1 aliphatic carbocycles. The van der Waals surface area contributed by atoms with Crippen molar-refractivity contribution in [2.75, 3.05) is 0 Å². The molecule has 0 heterocycles. The average molecular weight is 201 g/mol. The summed E-state index contributed by atoms with van der Waals surface area (Å²) in [5, 5.41) is 2.93. The molecule has 3 heteroatoms. The molecule has 1 amide bonds. The van der Waals surface area contributed by atoms with Gasteiger partial charge in [-0.15, -0.1) is 0 Å². The van der Waals surface area contributed by atoms with Crippen molar-refractivity contribution < 1.29 is 4.79 Å². The number of thiol groups is 1. The van der Waals surface area contributed by atoms with Crippen LogP contribution in [0.1, 0.15) is 39.5 Å². The number of nitrogens with one attached hydrogen (secondary N) is 1. The summed E-state index contributed by atoms with van der Waals surface area (Å²) in [6.07, 6.45) is 4.43. The Morgan fingerprint density at radius 3 is 2.77 bits per heavy atom. The Morgan fingerprint density at radius 2 is 2.31 bits per heavy atom. The van der Waals surface area contributed by atoms with E-state index in [-0.39, 0.29) is 11.2 Å². The largest absolute Gasteiger partial charge is 0.352 e. The Morgan fingerprint density at radius 1 is 1.62 bits per heavy atom. The molecule has 1 N–H and O–H groups in total. The number of amides is 1. The molecule has 0 spiro atoms. The smallest absolute Gasteiger partial charge is 0.233 e. The minimum Gasteiger partial charge on any atom is -0.352 e. The SMILES string of the molecule is CCC(S)C(=O)NC1CCCC1C. The third-order valence-electron chi connectivity index (χ3n) is 2.88. The fourth-order valence-electron chi connectivity index (χ4n) is 1.82. The molecule has 3 unspecified atom stereocenters. The van der Waals surface area contributed by atoms with E-state index in [9.17, 15) is 4.79 Å². The molecule has 0 aromatic rings. The second-order valence-electron chi connectivity index (χ2n) is 3.95. The predicted molar refractivity (Wildman–Crippen MR) is 58.0 cm³/mol. The molecule has 1 fully saturated rings. The van der Waals surface area contributed by atoms with Crippen LogP contribution >= 0.6 is 12.6 Å². The number of hydrogen-bond acceptors (Lipinski definition) is 2. The van der Waals surface area contributed by atoms with Gasteiger partial charge in [-0.2, -0.15) is 12.6 Å². The van der Waals surface area contributed by atoms with E-state index in [1.807, 2.05) is 6.92 Å². The highest BCUT2D eigenvalue weighted by Gasteiger charge is 2.25. The Bertz CT molecular complexity index is 184. The Balaban J connectivity index is 2.35. The molecule has 0 saturated heterocycles. The van der Waals surface area contributed by atoms with Crippen molar-refractivity contribution in [3.63, 3.8) is 0 Å². The zero-order valence-electron chi connectivity index (χ0n) is 8.42. The standard InChI is InChI=1S/C10H19NOS/c1-3-9(13)10(12)11-8-6-4-5-7(8)2/h7-9,13H,3-6H2,1-2H3,(H,11,12). The predicted octanol–water partition coefficient (Wildman–Crippen LogP) is 2.00. The molecule has 0 aromatic heterocycles. The molecule has 1 rings (SSSR count). The lowest BCUT2D eigenvalue weighted by Crippen LogP contribution is -2.40. The van der Waals surface area contributed by atoms with Gasteiger partial charge in [0.15, 0.2) is 0 Å². The van der Waals surface area contributed by atoms with Crippen molar-refractivity contribution in [3.05, 3.63) is 0 Å². The lowest BCUT2D eigenvalue weighted by molar-refractivity contribution is -0.121. The van der Waals surface area contributed by atoms with Crippen LogP contribution in [0.25, 0.3) is 0 Å². The van der Waals surface area contributed by atoms with Gasteiger partial charge in [0.25, 0.3) is 0 Å². The molecule has 0 bridgehead atoms. The number of rotatable bonds is 3. The maximum atomic E-state index is 11.5. The van der Waals surface area contributed by atoms with E-state index in [0.717, 1.165) is 12.8 Å². The lowest BCUT2D eigenvalue weighted by atomic mass is 10.1. The molecule has 1 saturated carbocycles. The van der Waals surface area contributed by atoms with Crippen LogP contribution in [0.3, 0.4) is 0 Å². The van der Waals surface area contributed by atoms with Gasteiger partial charge in [0.05, 0.1) is 5.25 Å². The first-order valence-electron chi connectivity index (χ1n) is 5.13. The Labute approximate surface area is 85.9 Å². The fourth-order valence-corrected chi connectivity index (χ4v) is 1.90. The van der Waals surface area contributed by atoms with Crippen molar-refractivity contribution in [1.82, 2.24) is 5.32 Å². The van der Waals surface area contributed by atoms with Crippen molar-refractivity contribution >= 4 is 18.5 Å². The van der Waals surface area contributed by atoms with E-state index in [4.69, 9.17) is 0 Å². The van der Waals surface area contributed by atoms with Crippen molar-refractivity contribution in [3.8, 4) is 0 Å². The Hall–Kier alpha value is -0.180. The number of carbonyl (C=O) groups excluding carboxylic acids is 1. The minimum absolute atomic E-state index is 0.101. The summed E-state index contributed by atoms with van der Waals surface area (Å²) in [5.41, 5.74) is 0. The van der Waals surface area contributed by atoms with Crippen LogP contribution in [0, 0.1) is 5.92 Å². The quantitative estimate of drug-likeness (QED) is 0.672. The molecule has 2 nitrogen and oxygen atoms in total. The first-order valence-corrected chi connectivity index (χ1v) is 5.65. The monoisotopic (exact) mass is 201 g/mol. The van der Waals surface area contributed by atoms with Crippen LogP contribution in [0.15, 0.2) is 0 Å². The van der Waals surface area contributed by atoms with E-state index in [1.165, 1.54) is 12.8 Å². The first kappa shape index (κ1) is 10.9. The molecular formula is C10H19NOS. The first-order chi connectivity index (χ1) is 6.15. The third kappa shape index (κ3) is 2.90. The summed E-state index contributed by atoms with van der Waals surface area (Å²) in [5.74, 6) is 0.742. The fraction of sp³-hybridized carbons (Fsp3) is 0.900. The van der Waals surface area contributed by atoms with E-state index in [2.05, 4.69) is 24.9 Å². The minimum atomic E-state index is -0.132. The molecule has 76 valence electrons. The highest BCUT2D eigenvalue weighted by atomic mass is 32.1. The highest BCUT2D eigenvalue weighted by molar-refractivity contribution is 7.81. The van der Waals surface area contributed by atoms with Crippen molar-refractivity contribution in [2.24, 2.45) is 5.92 Å². The Kier molecular flexibility index (Phi) is 4.10. The normalized spacial score (nSPS) is 30.1. The van der Waals surface area contributed by atoms with Gasteiger partial charge < -0.3 is 5.32 Å². The molecule has 0 radical (unpaired) electrons. The van der Waals surface area contributed by atoms with Crippen molar-refractivity contribution in [1.29, 1.82) is 0 Å². The van der Waals surface area contributed by atoms with Gasteiger partial charge in [0.2, 0.25) is 5.91 Å². The molecule has 0 aliphatic heterocycles. The average Bonchev–Trinajstić information content (AvgIpc) is 2.50.